The van der Waals surface area contributed by atoms with E-state index in [1.807, 2.05) is 85.5 Å². The van der Waals surface area contributed by atoms with E-state index in [1.165, 1.54) is 24.8 Å². The molecule has 4 aliphatic carbocycles. The van der Waals surface area contributed by atoms with Crippen LogP contribution >= 0.6 is 0 Å². The van der Waals surface area contributed by atoms with Gasteiger partial charge in [0.15, 0.2) is 0 Å². The second-order valence-electron chi connectivity index (χ2n) is 13.3. The molecule has 0 spiro atoms. The molecule has 1 N–H and O–H groups in total. The van der Waals surface area contributed by atoms with E-state index in [0.717, 1.165) is 42.8 Å². The highest BCUT2D eigenvalue weighted by Crippen LogP contribution is 2.55. The van der Waals surface area contributed by atoms with Crippen LogP contribution in [0.25, 0.3) is 16.6 Å². The molecule has 2 amide bonds. The van der Waals surface area contributed by atoms with Crippen LogP contribution in [0.2, 0.25) is 0 Å². The van der Waals surface area contributed by atoms with E-state index >= 15 is 0 Å². The van der Waals surface area contributed by atoms with Crippen LogP contribution < -0.4 is 15.6 Å². The molecule has 4 fully saturated rings. The molecule has 0 radical (unpaired) electrons. The molecule has 1 heterocycles. The van der Waals surface area contributed by atoms with Gasteiger partial charge in [0.2, 0.25) is 0 Å². The van der Waals surface area contributed by atoms with Crippen LogP contribution in [0.1, 0.15) is 69.8 Å². The van der Waals surface area contributed by atoms with Crippen LogP contribution in [0.3, 0.4) is 0 Å². The molecule has 7 nitrogen and oxygen atoms in total. The molecule has 7 heteroatoms. The Morgan fingerprint density at radius 2 is 1.59 bits per heavy atom. The monoisotopic (exact) mass is 590 g/mol. The molecule has 44 heavy (non-hydrogen) atoms. The molecule has 0 aliphatic heterocycles. The first-order valence-corrected chi connectivity index (χ1v) is 16.3. The number of fused-ring (bicyclic) bond motifs is 1. The fraction of sp³-hybridized carbons (Fsp3) is 0.432. The molecule has 228 valence electrons. The van der Waals surface area contributed by atoms with Crippen molar-refractivity contribution < 1.29 is 9.53 Å². The topological polar surface area (TPSA) is 76.5 Å². The fourth-order valence-electron chi connectivity index (χ4n) is 8.60. The molecule has 4 saturated carbocycles. The van der Waals surface area contributed by atoms with Crippen molar-refractivity contribution in [3.05, 3.63) is 101 Å². The summed E-state index contributed by atoms with van der Waals surface area (Å²) in [5.41, 5.74) is 2.23. The molecule has 1 atom stereocenters. The summed E-state index contributed by atoms with van der Waals surface area (Å²) in [5, 5.41) is 4.15. The summed E-state index contributed by atoms with van der Waals surface area (Å²) >= 11 is 0. The number of ether oxygens (including phenoxy) is 1. The summed E-state index contributed by atoms with van der Waals surface area (Å²) in [4.78, 5) is 35.5. The fourth-order valence-corrected chi connectivity index (χ4v) is 8.60. The van der Waals surface area contributed by atoms with Crippen LogP contribution in [-0.4, -0.2) is 39.2 Å². The normalized spacial score (nSPS) is 24.3. The number of urea groups is 1. The summed E-state index contributed by atoms with van der Waals surface area (Å²) in [7, 11) is 0. The second kappa shape index (κ2) is 11.8. The van der Waals surface area contributed by atoms with Crippen LogP contribution in [0, 0.1) is 17.8 Å². The van der Waals surface area contributed by atoms with Crippen molar-refractivity contribution in [2.24, 2.45) is 17.8 Å². The number of aromatic nitrogens is 2. The summed E-state index contributed by atoms with van der Waals surface area (Å²) in [6.07, 6.45) is 7.90. The van der Waals surface area contributed by atoms with Gasteiger partial charge in [0, 0.05) is 12.1 Å². The number of para-hydroxylation sites is 1. The maximum atomic E-state index is 14.5. The summed E-state index contributed by atoms with van der Waals surface area (Å²) < 4.78 is 7.35. The third-order valence-corrected chi connectivity index (χ3v) is 10.2. The summed E-state index contributed by atoms with van der Waals surface area (Å²) in [5.74, 6) is 3.47. The number of nitrogens with one attached hydrogen (secondary N) is 1. The van der Waals surface area contributed by atoms with E-state index in [4.69, 9.17) is 9.72 Å². The van der Waals surface area contributed by atoms with E-state index in [0.29, 0.717) is 42.0 Å². The van der Waals surface area contributed by atoms with Crippen LogP contribution in [0.5, 0.6) is 5.75 Å². The third kappa shape index (κ3) is 5.49. The zero-order valence-corrected chi connectivity index (χ0v) is 25.7. The number of benzene rings is 3. The number of amides is 2. The van der Waals surface area contributed by atoms with Crippen LogP contribution in [0.4, 0.5) is 4.79 Å². The van der Waals surface area contributed by atoms with Crippen molar-refractivity contribution in [3.8, 4) is 11.4 Å². The van der Waals surface area contributed by atoms with E-state index in [9.17, 15) is 9.59 Å². The molecule has 3 aromatic carbocycles. The van der Waals surface area contributed by atoms with Crippen molar-refractivity contribution in [2.75, 3.05) is 13.2 Å². The zero-order chi connectivity index (χ0) is 30.3. The van der Waals surface area contributed by atoms with Gasteiger partial charge < -0.3 is 15.0 Å². The standard InChI is InChI=1S/C37H42N4O3/c1-3-44-31-15-13-30(14-16-31)41-34(38-33-12-8-7-11-32(33)35(41)42)25(2)40(18-17-26-9-5-4-6-10-26)36(43)39-37-22-27-19-28(23-37)21-29(20-27)24-37/h4-16,25,27-29H,3,17-24H2,1-2H3,(H,39,43). The smallest absolute Gasteiger partial charge is 0.318 e. The van der Waals surface area contributed by atoms with Crippen molar-refractivity contribution in [2.45, 2.75) is 70.4 Å². The maximum Gasteiger partial charge on any atom is 0.318 e. The SMILES string of the molecule is CCOc1ccc(-n2c(C(C)N(CCc3ccccc3)C(=O)NC34CC5CC(CC(C5)C3)C4)nc3ccccc3c2=O)cc1. The first-order valence-electron chi connectivity index (χ1n) is 16.3. The lowest BCUT2D eigenvalue weighted by molar-refractivity contribution is -0.0163. The van der Waals surface area contributed by atoms with Gasteiger partial charge in [-0.1, -0.05) is 42.5 Å². The molecule has 1 unspecified atom stereocenters. The molecule has 8 rings (SSSR count). The third-order valence-electron chi connectivity index (χ3n) is 10.2. The largest absolute Gasteiger partial charge is 0.494 e. The van der Waals surface area contributed by atoms with Crippen molar-refractivity contribution in [1.82, 2.24) is 19.8 Å². The molecule has 4 bridgehead atoms. The Balaban J connectivity index is 1.28. The Labute approximate surface area is 259 Å². The highest BCUT2D eigenvalue weighted by molar-refractivity contribution is 5.79. The number of hydrogen-bond donors (Lipinski definition) is 1. The molecule has 4 aliphatic rings. The lowest BCUT2D eigenvalue weighted by atomic mass is 9.53. The Bertz CT molecular complexity index is 1660. The highest BCUT2D eigenvalue weighted by Gasteiger charge is 2.52. The van der Waals surface area contributed by atoms with E-state index in [1.54, 1.807) is 4.57 Å². The van der Waals surface area contributed by atoms with Crippen molar-refractivity contribution in [3.63, 3.8) is 0 Å². The molecule has 0 saturated heterocycles. The van der Waals surface area contributed by atoms with E-state index < -0.39 is 6.04 Å². The van der Waals surface area contributed by atoms with Gasteiger partial charge in [0.25, 0.3) is 5.56 Å². The molecular formula is C37H42N4O3. The zero-order valence-electron chi connectivity index (χ0n) is 25.7. The van der Waals surface area contributed by atoms with E-state index in [-0.39, 0.29) is 17.1 Å². The van der Waals surface area contributed by atoms with Crippen molar-refractivity contribution >= 4 is 16.9 Å². The number of rotatable bonds is 9. The van der Waals surface area contributed by atoms with Gasteiger partial charge >= 0.3 is 6.03 Å². The predicted octanol–water partition coefficient (Wildman–Crippen LogP) is 7.07. The summed E-state index contributed by atoms with van der Waals surface area (Å²) in [6.45, 7) is 5.03. The van der Waals surface area contributed by atoms with E-state index in [2.05, 4.69) is 17.4 Å². The number of nitrogens with zero attached hydrogens (tertiary/aromatic N) is 3. The quantitative estimate of drug-likeness (QED) is 0.226. The molecule has 1 aromatic heterocycles. The second-order valence-corrected chi connectivity index (χ2v) is 13.3. The minimum atomic E-state index is -0.462. The van der Waals surface area contributed by atoms with Gasteiger partial charge in [-0.05, 0) is 119 Å². The van der Waals surface area contributed by atoms with Crippen LogP contribution in [0.15, 0.2) is 83.7 Å². The van der Waals surface area contributed by atoms with Crippen molar-refractivity contribution in [1.29, 1.82) is 0 Å². The highest BCUT2D eigenvalue weighted by atomic mass is 16.5. The number of hydrogen-bond acceptors (Lipinski definition) is 4. The lowest BCUT2D eigenvalue weighted by Crippen LogP contribution is -2.62. The minimum absolute atomic E-state index is 0.0592. The minimum Gasteiger partial charge on any atom is -0.494 e. The Hall–Kier alpha value is -4.13. The number of carbonyl (C=O) groups excluding carboxylic acids is 1. The van der Waals surface area contributed by atoms with Crippen LogP contribution in [-0.2, 0) is 6.42 Å². The van der Waals surface area contributed by atoms with Gasteiger partial charge in [0.1, 0.15) is 11.6 Å². The molecular weight excluding hydrogens is 548 g/mol. The maximum absolute atomic E-state index is 14.5. The Morgan fingerprint density at radius 1 is 0.955 bits per heavy atom. The average molecular weight is 591 g/mol. The first-order chi connectivity index (χ1) is 21.4. The summed E-state index contributed by atoms with van der Waals surface area (Å²) in [6, 6.07) is 24.8. The Morgan fingerprint density at radius 3 is 2.25 bits per heavy atom. The first kappa shape index (κ1) is 28.6. The van der Waals surface area contributed by atoms with Gasteiger partial charge in [0.05, 0.1) is 29.2 Å². The van der Waals surface area contributed by atoms with Gasteiger partial charge in [-0.25, -0.2) is 9.78 Å². The number of carbonyl (C=O) groups is 1. The van der Waals surface area contributed by atoms with Gasteiger partial charge in [-0.3, -0.25) is 9.36 Å². The van der Waals surface area contributed by atoms with Gasteiger partial charge in [-0.2, -0.15) is 0 Å². The van der Waals surface area contributed by atoms with Gasteiger partial charge in [-0.15, -0.1) is 0 Å². The average Bonchev–Trinajstić information content (AvgIpc) is 3.01. The lowest BCUT2D eigenvalue weighted by Gasteiger charge is -2.57. The Kier molecular flexibility index (Phi) is 7.65. The molecule has 4 aromatic rings. The predicted molar refractivity (Wildman–Crippen MR) is 173 cm³/mol.